The molecule has 1 aliphatic rings. The van der Waals surface area contributed by atoms with Crippen LogP contribution < -0.4 is 5.32 Å². The van der Waals surface area contributed by atoms with Gasteiger partial charge in [-0.3, -0.25) is 4.79 Å². The number of carbonyl (C=O) groups is 1. The van der Waals surface area contributed by atoms with E-state index in [4.69, 9.17) is 4.74 Å². The maximum absolute atomic E-state index is 11.5. The third-order valence-electron chi connectivity index (χ3n) is 2.50. The van der Waals surface area contributed by atoms with Crippen molar-refractivity contribution in [1.29, 1.82) is 0 Å². The molecule has 0 aromatic rings. The lowest BCUT2D eigenvalue weighted by Gasteiger charge is -2.17. The highest BCUT2D eigenvalue weighted by atomic mass is 16.5. The van der Waals surface area contributed by atoms with Crippen molar-refractivity contribution >= 4 is 5.91 Å². The number of rotatable bonds is 7. The molecule has 3 heteroatoms. The first kappa shape index (κ1) is 11.5. The Hall–Kier alpha value is -0.570. The maximum Gasteiger partial charge on any atom is 0.222 e. The van der Waals surface area contributed by atoms with Gasteiger partial charge in [-0.05, 0) is 26.2 Å². The molecule has 3 nitrogen and oxygen atoms in total. The smallest absolute Gasteiger partial charge is 0.222 e. The number of amides is 1. The Kier molecular flexibility index (Phi) is 4.39. The first-order chi connectivity index (χ1) is 6.72. The Labute approximate surface area is 86.2 Å². The van der Waals surface area contributed by atoms with Crippen molar-refractivity contribution in [3.8, 4) is 0 Å². The molecule has 0 aromatic heterocycles. The molecule has 0 heterocycles. The van der Waals surface area contributed by atoms with Gasteiger partial charge in [0.1, 0.15) is 5.72 Å². The molecular weight excluding hydrogens is 178 g/mol. The molecule has 1 saturated carbocycles. The van der Waals surface area contributed by atoms with Gasteiger partial charge < -0.3 is 10.1 Å². The number of hydrogen-bond donors (Lipinski definition) is 1. The molecule has 1 fully saturated rings. The summed E-state index contributed by atoms with van der Waals surface area (Å²) in [6.45, 7) is 4.78. The molecule has 1 N–H and O–H groups in total. The van der Waals surface area contributed by atoms with Gasteiger partial charge in [-0.2, -0.15) is 0 Å². The van der Waals surface area contributed by atoms with E-state index in [0.717, 1.165) is 32.1 Å². The molecule has 1 amide bonds. The number of ether oxygens (including phenoxy) is 1. The minimum absolute atomic E-state index is 0.143. The summed E-state index contributed by atoms with van der Waals surface area (Å²) < 4.78 is 5.49. The van der Waals surface area contributed by atoms with Gasteiger partial charge in [0.05, 0.1) is 0 Å². The van der Waals surface area contributed by atoms with E-state index < -0.39 is 0 Å². The van der Waals surface area contributed by atoms with E-state index in [0.29, 0.717) is 13.0 Å². The van der Waals surface area contributed by atoms with Crippen LogP contribution in [0.15, 0.2) is 0 Å². The molecule has 82 valence electrons. The van der Waals surface area contributed by atoms with Gasteiger partial charge >= 0.3 is 0 Å². The van der Waals surface area contributed by atoms with Crippen molar-refractivity contribution in [2.24, 2.45) is 0 Å². The predicted molar refractivity (Wildman–Crippen MR) is 55.9 cm³/mol. The highest BCUT2D eigenvalue weighted by Crippen LogP contribution is 2.36. The second-order valence-electron chi connectivity index (χ2n) is 3.93. The number of hydrogen-bond acceptors (Lipinski definition) is 2. The molecule has 0 bridgehead atoms. The van der Waals surface area contributed by atoms with Gasteiger partial charge in [0.15, 0.2) is 0 Å². The van der Waals surface area contributed by atoms with Gasteiger partial charge in [0, 0.05) is 13.0 Å². The van der Waals surface area contributed by atoms with Gasteiger partial charge in [0.2, 0.25) is 5.91 Å². The third kappa shape index (κ3) is 3.66. The van der Waals surface area contributed by atoms with Gasteiger partial charge in [0.25, 0.3) is 0 Å². The van der Waals surface area contributed by atoms with Crippen LogP contribution in [-0.4, -0.2) is 18.2 Å². The zero-order chi connectivity index (χ0) is 10.4. The minimum Gasteiger partial charge on any atom is -0.356 e. The summed E-state index contributed by atoms with van der Waals surface area (Å²) in [6.07, 6.45) is 5.87. The van der Waals surface area contributed by atoms with Gasteiger partial charge in [-0.1, -0.05) is 19.8 Å². The molecule has 0 aliphatic heterocycles. The monoisotopic (exact) mass is 199 g/mol. The average molecular weight is 199 g/mol. The number of unbranched alkanes of at least 4 members (excludes halogenated alkanes) is 2. The fraction of sp³-hybridized carbons (Fsp3) is 0.909. The van der Waals surface area contributed by atoms with Crippen LogP contribution in [0.25, 0.3) is 0 Å². The third-order valence-corrected chi connectivity index (χ3v) is 2.50. The van der Waals surface area contributed by atoms with Crippen LogP contribution in [0.3, 0.4) is 0 Å². The van der Waals surface area contributed by atoms with Crippen LogP contribution in [0.5, 0.6) is 0 Å². The number of nitrogens with one attached hydrogen (secondary N) is 1. The van der Waals surface area contributed by atoms with Gasteiger partial charge in [-0.15, -0.1) is 0 Å². The zero-order valence-corrected chi connectivity index (χ0v) is 9.27. The van der Waals surface area contributed by atoms with Crippen LogP contribution in [-0.2, 0) is 9.53 Å². The van der Waals surface area contributed by atoms with E-state index in [-0.39, 0.29) is 11.6 Å². The molecule has 0 aromatic carbocycles. The molecule has 0 saturated heterocycles. The van der Waals surface area contributed by atoms with Crippen LogP contribution in [0, 0.1) is 0 Å². The van der Waals surface area contributed by atoms with Crippen molar-refractivity contribution in [2.45, 2.75) is 58.1 Å². The SMILES string of the molecule is CCCCCC(=O)NC1(OCC)CC1. The van der Waals surface area contributed by atoms with Crippen molar-refractivity contribution in [2.75, 3.05) is 6.61 Å². The minimum atomic E-state index is -0.280. The predicted octanol–water partition coefficient (Wildman–Crippen LogP) is 2.21. The second-order valence-corrected chi connectivity index (χ2v) is 3.93. The van der Waals surface area contributed by atoms with Crippen molar-refractivity contribution < 1.29 is 9.53 Å². The van der Waals surface area contributed by atoms with Crippen LogP contribution in [0.4, 0.5) is 0 Å². The highest BCUT2D eigenvalue weighted by molar-refractivity contribution is 5.76. The molecule has 1 aliphatic carbocycles. The van der Waals surface area contributed by atoms with Crippen LogP contribution in [0.2, 0.25) is 0 Å². The van der Waals surface area contributed by atoms with Crippen LogP contribution >= 0.6 is 0 Å². The fourth-order valence-electron chi connectivity index (χ4n) is 1.55. The van der Waals surface area contributed by atoms with E-state index >= 15 is 0 Å². The molecule has 0 spiro atoms. The fourth-order valence-corrected chi connectivity index (χ4v) is 1.55. The standard InChI is InChI=1S/C11H21NO2/c1-3-5-6-7-10(13)12-11(8-9-11)14-4-2/h3-9H2,1-2H3,(H,12,13). The van der Waals surface area contributed by atoms with Crippen molar-refractivity contribution in [3.05, 3.63) is 0 Å². The molecule has 0 radical (unpaired) electrons. The zero-order valence-electron chi connectivity index (χ0n) is 9.27. The topological polar surface area (TPSA) is 38.3 Å². The van der Waals surface area contributed by atoms with E-state index in [1.54, 1.807) is 0 Å². The van der Waals surface area contributed by atoms with Crippen molar-refractivity contribution in [3.63, 3.8) is 0 Å². The van der Waals surface area contributed by atoms with E-state index in [9.17, 15) is 4.79 Å². The van der Waals surface area contributed by atoms with Crippen LogP contribution in [0.1, 0.15) is 52.4 Å². The molecule has 0 atom stereocenters. The Bertz CT molecular complexity index is 188. The quantitative estimate of drug-likeness (QED) is 0.504. The Balaban J connectivity index is 2.13. The maximum atomic E-state index is 11.5. The summed E-state index contributed by atoms with van der Waals surface area (Å²) in [5, 5.41) is 2.97. The first-order valence-electron chi connectivity index (χ1n) is 5.67. The molecule has 14 heavy (non-hydrogen) atoms. The molecular formula is C11H21NO2. The van der Waals surface area contributed by atoms with E-state index in [2.05, 4.69) is 12.2 Å². The summed E-state index contributed by atoms with van der Waals surface area (Å²) in [6, 6.07) is 0. The summed E-state index contributed by atoms with van der Waals surface area (Å²) in [4.78, 5) is 11.5. The highest BCUT2D eigenvalue weighted by Gasteiger charge is 2.44. The Morgan fingerprint density at radius 2 is 2.07 bits per heavy atom. The first-order valence-corrected chi connectivity index (χ1v) is 5.67. The normalized spacial score (nSPS) is 17.9. The lowest BCUT2D eigenvalue weighted by Crippen LogP contribution is -2.38. The molecule has 0 unspecified atom stereocenters. The lowest BCUT2D eigenvalue weighted by molar-refractivity contribution is -0.126. The average Bonchev–Trinajstić information content (AvgIpc) is 2.86. The summed E-state index contributed by atoms with van der Waals surface area (Å²) >= 11 is 0. The van der Waals surface area contributed by atoms with E-state index in [1.807, 2.05) is 6.92 Å². The van der Waals surface area contributed by atoms with Crippen molar-refractivity contribution in [1.82, 2.24) is 5.32 Å². The molecule has 1 rings (SSSR count). The Morgan fingerprint density at radius 3 is 2.57 bits per heavy atom. The lowest BCUT2D eigenvalue weighted by atomic mass is 10.2. The Morgan fingerprint density at radius 1 is 1.36 bits per heavy atom. The summed E-state index contributed by atoms with van der Waals surface area (Å²) in [5.74, 6) is 0.143. The number of carbonyl (C=O) groups excluding carboxylic acids is 1. The van der Waals surface area contributed by atoms with E-state index in [1.165, 1.54) is 0 Å². The summed E-state index contributed by atoms with van der Waals surface area (Å²) in [5.41, 5.74) is -0.280. The largest absolute Gasteiger partial charge is 0.356 e. The summed E-state index contributed by atoms with van der Waals surface area (Å²) in [7, 11) is 0. The second kappa shape index (κ2) is 5.35. The van der Waals surface area contributed by atoms with Gasteiger partial charge in [-0.25, -0.2) is 0 Å².